The first-order valence-electron chi connectivity index (χ1n) is 5.36. The van der Waals surface area contributed by atoms with Gasteiger partial charge in [-0.25, -0.2) is 13.8 Å². The topological polar surface area (TPSA) is 53.6 Å². The van der Waals surface area contributed by atoms with Crippen molar-refractivity contribution in [1.29, 1.82) is 0 Å². The van der Waals surface area contributed by atoms with Crippen molar-refractivity contribution in [2.75, 3.05) is 13.1 Å². The summed E-state index contributed by atoms with van der Waals surface area (Å²) in [5.74, 6) is -2.08. The van der Waals surface area contributed by atoms with Crippen LogP contribution in [0.2, 0.25) is 0 Å². The summed E-state index contributed by atoms with van der Waals surface area (Å²) < 4.78 is 26.0. The van der Waals surface area contributed by atoms with Crippen molar-refractivity contribution >= 4 is 5.84 Å². The highest BCUT2D eigenvalue weighted by Gasteiger charge is 2.36. The molecule has 0 bridgehead atoms. The number of piperidine rings is 1. The predicted molar refractivity (Wildman–Crippen MR) is 58.1 cm³/mol. The Morgan fingerprint density at radius 2 is 2.12 bits per heavy atom. The van der Waals surface area contributed by atoms with Gasteiger partial charge in [0.25, 0.3) is 5.92 Å². The minimum atomic E-state index is -2.52. The number of nitrogens with one attached hydrogen (secondary N) is 1. The zero-order valence-electron chi connectivity index (χ0n) is 9.21. The van der Waals surface area contributed by atoms with Crippen molar-refractivity contribution in [2.24, 2.45) is 10.7 Å². The highest BCUT2D eigenvalue weighted by atomic mass is 19.3. The van der Waals surface area contributed by atoms with Crippen LogP contribution in [0.3, 0.4) is 0 Å². The van der Waals surface area contributed by atoms with Crippen molar-refractivity contribution in [3.05, 3.63) is 11.8 Å². The molecule has 4 nitrogen and oxygen atoms in total. The van der Waals surface area contributed by atoms with Crippen LogP contribution in [0.1, 0.15) is 19.8 Å². The van der Waals surface area contributed by atoms with Crippen LogP contribution in [0.25, 0.3) is 0 Å². The molecule has 2 heterocycles. The third-order valence-corrected chi connectivity index (χ3v) is 2.87. The number of amidine groups is 1. The zero-order chi connectivity index (χ0) is 11.8. The number of hydrogen-bond donors (Lipinski definition) is 2. The van der Waals surface area contributed by atoms with Gasteiger partial charge in [-0.2, -0.15) is 0 Å². The molecule has 0 aliphatic carbocycles. The first-order chi connectivity index (χ1) is 7.46. The van der Waals surface area contributed by atoms with E-state index >= 15 is 0 Å². The summed E-state index contributed by atoms with van der Waals surface area (Å²) in [5.41, 5.74) is 6.55. The van der Waals surface area contributed by atoms with Crippen LogP contribution >= 0.6 is 0 Å². The highest BCUT2D eigenvalue weighted by Crippen LogP contribution is 2.28. The van der Waals surface area contributed by atoms with E-state index < -0.39 is 5.92 Å². The minimum absolute atomic E-state index is 0.108. The summed E-state index contributed by atoms with van der Waals surface area (Å²) in [7, 11) is 0. The van der Waals surface area contributed by atoms with E-state index in [0.29, 0.717) is 18.9 Å². The van der Waals surface area contributed by atoms with Gasteiger partial charge in [-0.3, -0.25) is 4.90 Å². The van der Waals surface area contributed by atoms with Crippen molar-refractivity contribution in [3.8, 4) is 0 Å². The Bertz CT molecular complexity index is 328. The van der Waals surface area contributed by atoms with Crippen LogP contribution in [-0.4, -0.2) is 36.0 Å². The minimum Gasteiger partial charge on any atom is -0.384 e. The number of rotatable bonds is 1. The van der Waals surface area contributed by atoms with Gasteiger partial charge in [0, 0.05) is 31.6 Å². The molecule has 0 aromatic carbocycles. The predicted octanol–water partition coefficient (Wildman–Crippen LogP) is 0.865. The van der Waals surface area contributed by atoms with Crippen LogP contribution in [0, 0.1) is 0 Å². The van der Waals surface area contributed by atoms with Gasteiger partial charge in [-0.15, -0.1) is 0 Å². The van der Waals surface area contributed by atoms with E-state index in [-0.39, 0.29) is 19.1 Å². The number of aliphatic imine (C=N–C) groups is 1. The fourth-order valence-electron chi connectivity index (χ4n) is 1.95. The molecule has 0 aromatic heterocycles. The second kappa shape index (κ2) is 4.01. The number of allylic oxidation sites excluding steroid dienone is 1. The summed E-state index contributed by atoms with van der Waals surface area (Å²) >= 11 is 0. The summed E-state index contributed by atoms with van der Waals surface area (Å²) in [6.45, 7) is 2.57. The lowest BCUT2D eigenvalue weighted by Crippen LogP contribution is -2.51. The molecule has 2 aliphatic rings. The third kappa shape index (κ3) is 2.49. The molecule has 1 saturated heterocycles. The Labute approximate surface area is 93.2 Å². The number of nitrogens with two attached hydrogens (primary N) is 1. The molecule has 1 unspecified atom stereocenters. The lowest BCUT2D eigenvalue weighted by atomic mass is 10.1. The average Bonchev–Trinajstić information content (AvgIpc) is 2.15. The van der Waals surface area contributed by atoms with Crippen LogP contribution in [-0.2, 0) is 0 Å². The number of hydrogen-bond acceptors (Lipinski definition) is 4. The maximum atomic E-state index is 13.0. The Hall–Kier alpha value is -1.17. The second-order valence-corrected chi connectivity index (χ2v) is 4.29. The Morgan fingerprint density at radius 3 is 2.69 bits per heavy atom. The largest absolute Gasteiger partial charge is 0.384 e. The molecule has 0 saturated carbocycles. The van der Waals surface area contributed by atoms with Gasteiger partial charge in [-0.05, 0) is 13.0 Å². The van der Waals surface area contributed by atoms with Crippen molar-refractivity contribution < 1.29 is 8.78 Å². The van der Waals surface area contributed by atoms with E-state index in [9.17, 15) is 8.78 Å². The van der Waals surface area contributed by atoms with Gasteiger partial charge < -0.3 is 11.1 Å². The molecule has 0 spiro atoms. The number of alkyl halides is 2. The smallest absolute Gasteiger partial charge is 0.250 e. The summed E-state index contributed by atoms with van der Waals surface area (Å²) in [6.07, 6.45) is 1.23. The molecule has 1 atom stereocenters. The van der Waals surface area contributed by atoms with Gasteiger partial charge in [0.2, 0.25) is 0 Å². The molecule has 2 aliphatic heterocycles. The van der Waals surface area contributed by atoms with Crippen molar-refractivity contribution in [3.63, 3.8) is 0 Å². The zero-order valence-corrected chi connectivity index (χ0v) is 9.21. The maximum absolute atomic E-state index is 13.0. The Balaban J connectivity index is 1.98. The maximum Gasteiger partial charge on any atom is 0.250 e. The van der Waals surface area contributed by atoms with Crippen LogP contribution in [0.5, 0.6) is 0 Å². The summed E-state index contributed by atoms with van der Waals surface area (Å²) in [5, 5.41) is 3.12. The Morgan fingerprint density at radius 1 is 1.50 bits per heavy atom. The SMILES string of the molecule is CC1=CC(N)=NC(N2CCC(F)(F)CC2)N1. The van der Waals surface area contributed by atoms with Gasteiger partial charge in [-0.1, -0.05) is 0 Å². The van der Waals surface area contributed by atoms with Crippen LogP contribution in [0.15, 0.2) is 16.8 Å². The molecular formula is C10H16F2N4. The van der Waals surface area contributed by atoms with Crippen LogP contribution in [0.4, 0.5) is 8.78 Å². The number of likely N-dealkylation sites (tertiary alicyclic amines) is 1. The Kier molecular flexibility index (Phi) is 2.84. The number of halogens is 2. The molecule has 2 rings (SSSR count). The molecule has 0 aromatic rings. The van der Waals surface area contributed by atoms with E-state index in [4.69, 9.17) is 5.73 Å². The van der Waals surface area contributed by atoms with Crippen molar-refractivity contribution in [1.82, 2.24) is 10.2 Å². The van der Waals surface area contributed by atoms with E-state index in [0.717, 1.165) is 5.70 Å². The first-order valence-corrected chi connectivity index (χ1v) is 5.36. The molecule has 0 amide bonds. The van der Waals surface area contributed by atoms with Gasteiger partial charge >= 0.3 is 0 Å². The lowest BCUT2D eigenvalue weighted by Gasteiger charge is -2.37. The first kappa shape index (κ1) is 11.3. The monoisotopic (exact) mass is 230 g/mol. The van der Waals surface area contributed by atoms with E-state index in [1.54, 1.807) is 6.08 Å². The standard InChI is InChI=1S/C10H16F2N4/c1-7-6-8(13)15-9(14-7)16-4-2-10(11,12)3-5-16/h6,9,14H,2-5H2,1H3,(H2,13,15). The second-order valence-electron chi connectivity index (χ2n) is 4.29. The van der Waals surface area contributed by atoms with Gasteiger partial charge in [0.1, 0.15) is 5.84 Å². The van der Waals surface area contributed by atoms with Gasteiger partial charge in [0.15, 0.2) is 6.29 Å². The molecular weight excluding hydrogens is 214 g/mol. The highest BCUT2D eigenvalue weighted by molar-refractivity contribution is 5.92. The molecule has 90 valence electrons. The number of nitrogens with zero attached hydrogens (tertiary/aromatic N) is 2. The quantitative estimate of drug-likeness (QED) is 0.702. The van der Waals surface area contributed by atoms with E-state index in [1.165, 1.54) is 0 Å². The van der Waals surface area contributed by atoms with E-state index in [2.05, 4.69) is 10.3 Å². The summed E-state index contributed by atoms with van der Waals surface area (Å²) in [6, 6.07) is 0. The average molecular weight is 230 g/mol. The fraction of sp³-hybridized carbons (Fsp3) is 0.700. The third-order valence-electron chi connectivity index (χ3n) is 2.87. The van der Waals surface area contributed by atoms with Crippen LogP contribution < -0.4 is 11.1 Å². The summed E-state index contributed by atoms with van der Waals surface area (Å²) in [4.78, 5) is 6.08. The molecule has 0 radical (unpaired) electrons. The lowest BCUT2D eigenvalue weighted by molar-refractivity contribution is -0.0642. The normalized spacial score (nSPS) is 30.3. The molecule has 6 heteroatoms. The van der Waals surface area contributed by atoms with Crippen molar-refractivity contribution in [2.45, 2.75) is 32.0 Å². The molecule has 3 N–H and O–H groups in total. The fourth-order valence-corrected chi connectivity index (χ4v) is 1.95. The van der Waals surface area contributed by atoms with Gasteiger partial charge in [0.05, 0.1) is 0 Å². The molecule has 1 fully saturated rings. The van der Waals surface area contributed by atoms with E-state index in [1.807, 2.05) is 11.8 Å². The molecule has 16 heavy (non-hydrogen) atoms.